The van der Waals surface area contributed by atoms with Gasteiger partial charge in [-0.1, -0.05) is 5.16 Å². The van der Waals surface area contributed by atoms with Crippen molar-refractivity contribution in [1.29, 1.82) is 0 Å². The van der Waals surface area contributed by atoms with Crippen LogP contribution in [0.25, 0.3) is 11.5 Å². The first-order valence-corrected chi connectivity index (χ1v) is 8.30. The molecule has 1 unspecified atom stereocenters. The minimum absolute atomic E-state index is 0.0458. The summed E-state index contributed by atoms with van der Waals surface area (Å²) in [6.07, 6.45) is 0.356. The summed E-state index contributed by atoms with van der Waals surface area (Å²) in [6.45, 7) is 0.383. The minimum atomic E-state index is -3.49. The summed E-state index contributed by atoms with van der Waals surface area (Å²) in [5, 5.41) is 2.74. The predicted octanol–water partition coefficient (Wildman–Crippen LogP) is 1.74. The smallest absolute Gasteiger partial charge is 0.246 e. The first kappa shape index (κ1) is 14.5. The van der Waals surface area contributed by atoms with Gasteiger partial charge in [-0.25, -0.2) is 22.1 Å². The van der Waals surface area contributed by atoms with Gasteiger partial charge in [0.2, 0.25) is 21.7 Å². The molecule has 1 aliphatic rings. The van der Waals surface area contributed by atoms with Crippen molar-refractivity contribution in [2.45, 2.75) is 11.7 Å². The predicted molar refractivity (Wildman–Crippen MR) is 74.1 cm³/mol. The zero-order chi connectivity index (χ0) is 15.2. The van der Waals surface area contributed by atoms with Gasteiger partial charge in [-0.2, -0.15) is 4.98 Å². The van der Waals surface area contributed by atoms with Crippen molar-refractivity contribution >= 4 is 26.0 Å². The van der Waals surface area contributed by atoms with E-state index in [4.69, 9.17) is 4.52 Å². The first-order valence-electron chi connectivity index (χ1n) is 6.01. The van der Waals surface area contributed by atoms with Gasteiger partial charge >= 0.3 is 0 Å². The lowest BCUT2D eigenvalue weighted by Gasteiger charge is -2.07. The van der Waals surface area contributed by atoms with E-state index in [-0.39, 0.29) is 17.4 Å². The number of halogens is 2. The van der Waals surface area contributed by atoms with E-state index in [1.165, 1.54) is 23.5 Å². The van der Waals surface area contributed by atoms with E-state index in [0.717, 1.165) is 0 Å². The van der Waals surface area contributed by atoms with Crippen LogP contribution >= 0.6 is 15.9 Å². The highest BCUT2D eigenvalue weighted by atomic mass is 79.9. The van der Waals surface area contributed by atoms with Crippen LogP contribution in [0.5, 0.6) is 0 Å². The highest BCUT2D eigenvalue weighted by molar-refractivity contribution is 9.10. The molecular weight excluding hydrogens is 367 g/mol. The van der Waals surface area contributed by atoms with E-state index in [2.05, 4.69) is 31.1 Å². The largest absolute Gasteiger partial charge is 0.337 e. The van der Waals surface area contributed by atoms with Crippen LogP contribution in [0.1, 0.15) is 17.6 Å². The van der Waals surface area contributed by atoms with Gasteiger partial charge in [0.1, 0.15) is 10.3 Å². The van der Waals surface area contributed by atoms with Crippen LogP contribution < -0.4 is 0 Å². The fraction of sp³-hybridized carbons (Fsp3) is 0.364. The Bertz CT molecular complexity index is 795. The highest BCUT2D eigenvalue weighted by Gasteiger charge is 2.41. The quantitative estimate of drug-likeness (QED) is 0.741. The molecule has 3 heterocycles. The second-order valence-electron chi connectivity index (χ2n) is 4.56. The fourth-order valence-electron chi connectivity index (χ4n) is 2.08. The van der Waals surface area contributed by atoms with E-state index in [1.54, 1.807) is 0 Å². The lowest BCUT2D eigenvalue weighted by atomic mass is 10.3. The molecule has 0 bridgehead atoms. The SMILES string of the molecule is CN1CCC(c2nc(-c3nc(Br)ccc3F)no2)S1(=O)=O. The van der Waals surface area contributed by atoms with Gasteiger partial charge in [0.05, 0.1) is 0 Å². The standard InChI is InChI=1S/C11H10BrFN4O3S/c1-17-5-4-7(21(17,18)19)11-15-10(16-20-11)9-6(13)2-3-8(12)14-9/h2-3,7H,4-5H2,1H3. The fourth-order valence-corrected chi connectivity index (χ4v) is 3.94. The zero-order valence-corrected chi connectivity index (χ0v) is 13.2. The summed E-state index contributed by atoms with van der Waals surface area (Å²) in [5.74, 6) is -0.735. The molecular formula is C11H10BrFN4O3S. The number of rotatable bonds is 2. The third kappa shape index (κ3) is 2.47. The van der Waals surface area contributed by atoms with E-state index in [9.17, 15) is 12.8 Å². The molecule has 7 nitrogen and oxygen atoms in total. The average molecular weight is 377 g/mol. The van der Waals surface area contributed by atoms with Gasteiger partial charge < -0.3 is 4.52 Å². The van der Waals surface area contributed by atoms with Crippen LogP contribution in [-0.4, -0.2) is 41.4 Å². The van der Waals surface area contributed by atoms with Gasteiger partial charge in [-0.05, 0) is 34.5 Å². The third-order valence-electron chi connectivity index (χ3n) is 3.24. The summed E-state index contributed by atoms with van der Waals surface area (Å²) in [7, 11) is -2.00. The Balaban J connectivity index is 2.00. The van der Waals surface area contributed by atoms with Crippen LogP contribution in [0.15, 0.2) is 21.3 Å². The molecule has 0 amide bonds. The molecule has 0 radical (unpaired) electrons. The Morgan fingerprint density at radius 1 is 1.43 bits per heavy atom. The van der Waals surface area contributed by atoms with Crippen molar-refractivity contribution < 1.29 is 17.3 Å². The maximum atomic E-state index is 13.7. The van der Waals surface area contributed by atoms with Crippen LogP contribution in [0.4, 0.5) is 4.39 Å². The van der Waals surface area contributed by atoms with E-state index < -0.39 is 21.1 Å². The van der Waals surface area contributed by atoms with Crippen molar-refractivity contribution in [3.05, 3.63) is 28.4 Å². The van der Waals surface area contributed by atoms with Crippen molar-refractivity contribution in [3.63, 3.8) is 0 Å². The number of hydrogen-bond acceptors (Lipinski definition) is 6. The number of pyridine rings is 1. The number of hydrogen-bond donors (Lipinski definition) is 0. The first-order chi connectivity index (χ1) is 9.89. The minimum Gasteiger partial charge on any atom is -0.337 e. The molecule has 1 aliphatic heterocycles. The second-order valence-corrected chi connectivity index (χ2v) is 7.60. The molecule has 0 aliphatic carbocycles. The van der Waals surface area contributed by atoms with Crippen LogP contribution in [0.2, 0.25) is 0 Å². The van der Waals surface area contributed by atoms with Crippen LogP contribution in [-0.2, 0) is 10.0 Å². The third-order valence-corrected chi connectivity index (χ3v) is 5.89. The maximum Gasteiger partial charge on any atom is 0.246 e. The van der Waals surface area contributed by atoms with E-state index in [0.29, 0.717) is 17.6 Å². The van der Waals surface area contributed by atoms with Crippen LogP contribution in [0, 0.1) is 5.82 Å². The van der Waals surface area contributed by atoms with E-state index in [1.807, 2.05) is 0 Å². The molecule has 0 N–H and O–H groups in total. The van der Waals surface area contributed by atoms with Gasteiger partial charge in [0.15, 0.2) is 11.1 Å². The van der Waals surface area contributed by atoms with E-state index >= 15 is 0 Å². The topological polar surface area (TPSA) is 89.2 Å². The zero-order valence-electron chi connectivity index (χ0n) is 10.8. The normalized spacial score (nSPS) is 21.8. The number of sulfonamides is 1. The van der Waals surface area contributed by atoms with Gasteiger partial charge in [0, 0.05) is 13.6 Å². The Morgan fingerprint density at radius 3 is 2.86 bits per heavy atom. The number of aromatic nitrogens is 3. The van der Waals surface area contributed by atoms with Crippen molar-refractivity contribution in [1.82, 2.24) is 19.4 Å². The summed E-state index contributed by atoms with van der Waals surface area (Å²) in [5.41, 5.74) is -0.0943. The second kappa shape index (κ2) is 5.11. The Morgan fingerprint density at radius 2 is 2.19 bits per heavy atom. The van der Waals surface area contributed by atoms with Gasteiger partial charge in [-0.3, -0.25) is 0 Å². The molecule has 0 aromatic carbocycles. The molecule has 1 atom stereocenters. The molecule has 2 aromatic rings. The van der Waals surface area contributed by atoms with Gasteiger partial charge in [-0.15, -0.1) is 0 Å². The molecule has 1 fully saturated rings. The van der Waals surface area contributed by atoms with Crippen molar-refractivity contribution in [3.8, 4) is 11.5 Å². The van der Waals surface area contributed by atoms with Crippen LogP contribution in [0.3, 0.4) is 0 Å². The molecule has 21 heavy (non-hydrogen) atoms. The summed E-state index contributed by atoms with van der Waals surface area (Å²) < 4.78 is 44.5. The molecule has 10 heteroatoms. The average Bonchev–Trinajstić information content (AvgIpc) is 2.99. The maximum absolute atomic E-state index is 13.7. The Hall–Kier alpha value is -1.39. The molecule has 0 spiro atoms. The van der Waals surface area contributed by atoms with Crippen molar-refractivity contribution in [2.24, 2.45) is 0 Å². The summed E-state index contributed by atoms with van der Waals surface area (Å²) in [4.78, 5) is 7.92. The summed E-state index contributed by atoms with van der Waals surface area (Å²) in [6, 6.07) is 2.65. The monoisotopic (exact) mass is 376 g/mol. The molecule has 3 rings (SSSR count). The van der Waals surface area contributed by atoms with Gasteiger partial charge in [0.25, 0.3) is 0 Å². The Labute approximate surface area is 128 Å². The summed E-state index contributed by atoms with van der Waals surface area (Å²) >= 11 is 3.13. The molecule has 1 saturated heterocycles. The molecule has 112 valence electrons. The lowest BCUT2D eigenvalue weighted by Crippen LogP contribution is -2.22. The molecule has 0 saturated carbocycles. The highest BCUT2D eigenvalue weighted by Crippen LogP contribution is 2.34. The molecule has 2 aromatic heterocycles. The lowest BCUT2D eigenvalue weighted by molar-refractivity contribution is 0.372. The number of nitrogens with zero attached hydrogens (tertiary/aromatic N) is 4. The van der Waals surface area contributed by atoms with Crippen molar-refractivity contribution in [2.75, 3.05) is 13.6 Å². The Kier molecular flexibility index (Phi) is 3.54.